The molecule has 0 aliphatic heterocycles. The number of imidazole rings is 1. The highest BCUT2D eigenvalue weighted by Gasteiger charge is 2.19. The molecule has 1 heterocycles. The minimum Gasteiger partial charge on any atom is -0.377 e. The lowest BCUT2D eigenvalue weighted by Crippen LogP contribution is -2.18. The van der Waals surface area contributed by atoms with E-state index in [2.05, 4.69) is 35.9 Å². The van der Waals surface area contributed by atoms with Gasteiger partial charge in [-0.3, -0.25) is 0 Å². The Kier molecular flexibility index (Phi) is 4.74. The van der Waals surface area contributed by atoms with Crippen molar-refractivity contribution in [2.24, 2.45) is 5.41 Å². The van der Waals surface area contributed by atoms with Gasteiger partial charge in [0.05, 0.1) is 6.61 Å². The highest BCUT2D eigenvalue weighted by atomic mass is 16.5. The molecule has 3 heteroatoms. The molecule has 0 aliphatic rings. The molecule has 0 radical (unpaired) electrons. The smallest absolute Gasteiger partial charge is 0.106 e. The zero-order chi connectivity index (χ0) is 13.6. The van der Waals surface area contributed by atoms with Gasteiger partial charge in [-0.1, -0.05) is 44.2 Å². The van der Waals surface area contributed by atoms with Gasteiger partial charge in [0.15, 0.2) is 0 Å². The molecule has 0 spiro atoms. The summed E-state index contributed by atoms with van der Waals surface area (Å²) in [7, 11) is 0. The molecule has 19 heavy (non-hydrogen) atoms. The monoisotopic (exact) mass is 258 g/mol. The summed E-state index contributed by atoms with van der Waals surface area (Å²) in [6, 6.07) is 10.3. The van der Waals surface area contributed by atoms with E-state index in [1.54, 1.807) is 6.20 Å². The van der Waals surface area contributed by atoms with Crippen LogP contribution in [-0.4, -0.2) is 16.6 Å². The van der Waals surface area contributed by atoms with Gasteiger partial charge in [-0.2, -0.15) is 0 Å². The molecule has 3 nitrogen and oxygen atoms in total. The molecule has 0 amide bonds. The predicted molar refractivity (Wildman–Crippen MR) is 76.8 cm³/mol. The number of benzene rings is 1. The molecule has 0 atom stereocenters. The maximum absolute atomic E-state index is 5.74. The van der Waals surface area contributed by atoms with Crippen LogP contribution in [0.15, 0.2) is 42.7 Å². The SMILES string of the molecule is CC(C)(CCOCc1ccccc1)Cc1ncc[nH]1. The van der Waals surface area contributed by atoms with Crippen LogP contribution in [0.5, 0.6) is 0 Å². The Morgan fingerprint density at radius 3 is 2.68 bits per heavy atom. The van der Waals surface area contributed by atoms with Crippen LogP contribution in [0, 0.1) is 5.41 Å². The van der Waals surface area contributed by atoms with E-state index < -0.39 is 0 Å². The van der Waals surface area contributed by atoms with E-state index in [1.165, 1.54) is 5.56 Å². The number of aromatic nitrogens is 2. The van der Waals surface area contributed by atoms with Crippen LogP contribution in [0.1, 0.15) is 31.7 Å². The van der Waals surface area contributed by atoms with Crippen molar-refractivity contribution in [3.8, 4) is 0 Å². The lowest BCUT2D eigenvalue weighted by Gasteiger charge is -2.23. The summed E-state index contributed by atoms with van der Waals surface area (Å²) >= 11 is 0. The fourth-order valence-corrected chi connectivity index (χ4v) is 2.05. The maximum Gasteiger partial charge on any atom is 0.106 e. The quantitative estimate of drug-likeness (QED) is 0.771. The van der Waals surface area contributed by atoms with Gasteiger partial charge in [-0.05, 0) is 17.4 Å². The Labute approximate surface area is 115 Å². The number of nitrogens with zero attached hydrogens (tertiary/aromatic N) is 1. The standard InChI is InChI=1S/C16H22N2O/c1-16(2,12-15-17-9-10-18-15)8-11-19-13-14-6-4-3-5-7-14/h3-7,9-10H,8,11-13H2,1-2H3,(H,17,18). The Morgan fingerprint density at radius 1 is 1.21 bits per heavy atom. The number of H-pyrrole nitrogens is 1. The van der Waals surface area contributed by atoms with E-state index >= 15 is 0 Å². The zero-order valence-corrected chi connectivity index (χ0v) is 11.7. The zero-order valence-electron chi connectivity index (χ0n) is 11.7. The fraction of sp³-hybridized carbons (Fsp3) is 0.438. The van der Waals surface area contributed by atoms with E-state index in [0.717, 1.165) is 25.3 Å². The van der Waals surface area contributed by atoms with Crippen molar-refractivity contribution in [3.63, 3.8) is 0 Å². The lowest BCUT2D eigenvalue weighted by molar-refractivity contribution is 0.0916. The summed E-state index contributed by atoms with van der Waals surface area (Å²) in [5.41, 5.74) is 1.43. The molecule has 2 rings (SSSR count). The molecule has 2 aromatic rings. The van der Waals surface area contributed by atoms with Crippen molar-refractivity contribution in [1.29, 1.82) is 0 Å². The first-order valence-electron chi connectivity index (χ1n) is 6.76. The van der Waals surface area contributed by atoms with Crippen molar-refractivity contribution >= 4 is 0 Å². The molecule has 0 aliphatic carbocycles. The summed E-state index contributed by atoms with van der Waals surface area (Å²) in [4.78, 5) is 7.44. The second-order valence-corrected chi connectivity index (χ2v) is 5.67. The number of aromatic amines is 1. The first-order chi connectivity index (χ1) is 9.16. The third-order valence-electron chi connectivity index (χ3n) is 3.24. The van der Waals surface area contributed by atoms with Gasteiger partial charge in [-0.25, -0.2) is 4.98 Å². The first kappa shape index (κ1) is 13.8. The van der Waals surface area contributed by atoms with E-state index in [1.807, 2.05) is 24.4 Å². The third-order valence-corrected chi connectivity index (χ3v) is 3.24. The maximum atomic E-state index is 5.74. The minimum atomic E-state index is 0.203. The molecule has 1 N–H and O–H groups in total. The topological polar surface area (TPSA) is 37.9 Å². The molecule has 0 fully saturated rings. The van der Waals surface area contributed by atoms with E-state index in [-0.39, 0.29) is 5.41 Å². The van der Waals surface area contributed by atoms with Crippen molar-refractivity contribution in [3.05, 3.63) is 54.1 Å². The molecular formula is C16H22N2O. The number of rotatable bonds is 7. The van der Waals surface area contributed by atoms with Gasteiger partial charge in [0.2, 0.25) is 0 Å². The van der Waals surface area contributed by atoms with Crippen LogP contribution in [0.3, 0.4) is 0 Å². The molecule has 102 valence electrons. The number of hydrogen-bond donors (Lipinski definition) is 1. The summed E-state index contributed by atoms with van der Waals surface area (Å²) in [5, 5.41) is 0. The molecule has 0 unspecified atom stereocenters. The van der Waals surface area contributed by atoms with Crippen molar-refractivity contribution in [2.75, 3.05) is 6.61 Å². The number of hydrogen-bond acceptors (Lipinski definition) is 2. The second kappa shape index (κ2) is 6.53. The molecule has 0 saturated carbocycles. The van der Waals surface area contributed by atoms with Gasteiger partial charge < -0.3 is 9.72 Å². The fourth-order valence-electron chi connectivity index (χ4n) is 2.05. The predicted octanol–water partition coefficient (Wildman–Crippen LogP) is 3.59. The Bertz CT molecular complexity index is 463. The van der Waals surface area contributed by atoms with Crippen LogP contribution in [0.25, 0.3) is 0 Å². The molecule has 0 saturated heterocycles. The van der Waals surface area contributed by atoms with Crippen LogP contribution >= 0.6 is 0 Å². The Balaban J connectivity index is 1.70. The average Bonchev–Trinajstić information content (AvgIpc) is 2.88. The van der Waals surface area contributed by atoms with Crippen LogP contribution in [0.4, 0.5) is 0 Å². The van der Waals surface area contributed by atoms with E-state index in [0.29, 0.717) is 6.61 Å². The van der Waals surface area contributed by atoms with Gasteiger partial charge in [0.1, 0.15) is 5.82 Å². The Morgan fingerprint density at radius 2 is 2.00 bits per heavy atom. The van der Waals surface area contributed by atoms with E-state index in [4.69, 9.17) is 4.74 Å². The third kappa shape index (κ3) is 4.87. The molecule has 1 aromatic carbocycles. The summed E-state index contributed by atoms with van der Waals surface area (Å²) in [5.74, 6) is 1.05. The second-order valence-electron chi connectivity index (χ2n) is 5.67. The number of nitrogens with one attached hydrogen (secondary N) is 1. The van der Waals surface area contributed by atoms with Gasteiger partial charge in [0.25, 0.3) is 0 Å². The molecule has 0 bridgehead atoms. The Hall–Kier alpha value is -1.61. The normalized spacial score (nSPS) is 11.7. The van der Waals surface area contributed by atoms with Gasteiger partial charge >= 0.3 is 0 Å². The van der Waals surface area contributed by atoms with Crippen LogP contribution < -0.4 is 0 Å². The van der Waals surface area contributed by atoms with Gasteiger partial charge in [-0.15, -0.1) is 0 Å². The summed E-state index contributed by atoms with van der Waals surface area (Å²) in [6.07, 6.45) is 5.66. The van der Waals surface area contributed by atoms with Crippen LogP contribution in [-0.2, 0) is 17.8 Å². The number of ether oxygens (including phenoxy) is 1. The highest BCUT2D eigenvalue weighted by Crippen LogP contribution is 2.24. The molecular weight excluding hydrogens is 236 g/mol. The molecule has 1 aromatic heterocycles. The van der Waals surface area contributed by atoms with E-state index in [9.17, 15) is 0 Å². The van der Waals surface area contributed by atoms with Crippen molar-refractivity contribution < 1.29 is 4.74 Å². The minimum absolute atomic E-state index is 0.203. The average molecular weight is 258 g/mol. The first-order valence-corrected chi connectivity index (χ1v) is 6.76. The van der Waals surface area contributed by atoms with Crippen molar-refractivity contribution in [1.82, 2.24) is 9.97 Å². The largest absolute Gasteiger partial charge is 0.377 e. The highest BCUT2D eigenvalue weighted by molar-refractivity contribution is 5.13. The van der Waals surface area contributed by atoms with Crippen molar-refractivity contribution in [2.45, 2.75) is 33.3 Å². The van der Waals surface area contributed by atoms with Crippen LogP contribution in [0.2, 0.25) is 0 Å². The van der Waals surface area contributed by atoms with Gasteiger partial charge in [0, 0.05) is 25.4 Å². The summed E-state index contributed by atoms with van der Waals surface area (Å²) < 4.78 is 5.74. The lowest BCUT2D eigenvalue weighted by atomic mass is 9.86. The summed E-state index contributed by atoms with van der Waals surface area (Å²) in [6.45, 7) is 5.98.